The summed E-state index contributed by atoms with van der Waals surface area (Å²) in [5, 5.41) is 5.60. The molecule has 0 radical (unpaired) electrons. The summed E-state index contributed by atoms with van der Waals surface area (Å²) in [6.07, 6.45) is 0.345. The van der Waals surface area contributed by atoms with E-state index in [1.165, 1.54) is 11.3 Å². The van der Waals surface area contributed by atoms with Crippen molar-refractivity contribution in [2.24, 2.45) is 5.41 Å². The minimum Gasteiger partial charge on any atom is -0.355 e. The highest BCUT2D eigenvalue weighted by atomic mass is 35.5. The first-order chi connectivity index (χ1) is 7.40. The van der Waals surface area contributed by atoms with Gasteiger partial charge in [-0.05, 0) is 5.41 Å². The average Bonchev–Trinajstić information content (AvgIpc) is 2.61. The third kappa shape index (κ3) is 4.94. The molecule has 0 saturated heterocycles. The molecule has 3 nitrogen and oxygen atoms in total. The Bertz CT molecular complexity index is 357. The summed E-state index contributed by atoms with van der Waals surface area (Å²) < 4.78 is 0. The van der Waals surface area contributed by atoms with Gasteiger partial charge in [0.2, 0.25) is 5.91 Å². The molecule has 0 aliphatic carbocycles. The van der Waals surface area contributed by atoms with Crippen LogP contribution in [-0.4, -0.2) is 17.4 Å². The predicted octanol–water partition coefficient (Wildman–Crippen LogP) is 2.59. The van der Waals surface area contributed by atoms with Gasteiger partial charge in [-0.1, -0.05) is 20.8 Å². The highest BCUT2D eigenvalue weighted by Gasteiger charge is 2.13. The fraction of sp³-hybridized carbons (Fsp3) is 0.636. The smallest absolute Gasteiger partial charge is 0.226 e. The van der Waals surface area contributed by atoms with Crippen molar-refractivity contribution in [1.82, 2.24) is 10.3 Å². The Morgan fingerprint density at radius 3 is 2.75 bits per heavy atom. The lowest BCUT2D eigenvalue weighted by atomic mass is 9.97. The number of carbonyl (C=O) groups excluding carboxylic acids is 1. The van der Waals surface area contributed by atoms with Crippen LogP contribution in [0.15, 0.2) is 5.38 Å². The van der Waals surface area contributed by atoms with E-state index in [1.54, 1.807) is 0 Å². The SMILES string of the molecule is CC(C)(C)CNC(=O)Cc1nc(CCl)cs1. The third-order valence-corrected chi connectivity index (χ3v) is 3.04. The van der Waals surface area contributed by atoms with Gasteiger partial charge >= 0.3 is 0 Å². The van der Waals surface area contributed by atoms with E-state index in [0.717, 1.165) is 10.7 Å². The van der Waals surface area contributed by atoms with Crippen molar-refractivity contribution in [3.63, 3.8) is 0 Å². The van der Waals surface area contributed by atoms with Crippen LogP contribution in [0.3, 0.4) is 0 Å². The number of carbonyl (C=O) groups is 1. The first-order valence-electron chi connectivity index (χ1n) is 5.16. The molecular weight excluding hydrogens is 244 g/mol. The van der Waals surface area contributed by atoms with Crippen LogP contribution in [0.5, 0.6) is 0 Å². The van der Waals surface area contributed by atoms with Crippen molar-refractivity contribution < 1.29 is 4.79 Å². The second-order valence-electron chi connectivity index (χ2n) is 4.88. The van der Waals surface area contributed by atoms with Crippen molar-refractivity contribution >= 4 is 28.8 Å². The lowest BCUT2D eigenvalue weighted by molar-refractivity contribution is -0.120. The largest absolute Gasteiger partial charge is 0.355 e. The number of amides is 1. The number of rotatable bonds is 4. The number of hydrogen-bond donors (Lipinski definition) is 1. The number of alkyl halides is 1. The monoisotopic (exact) mass is 260 g/mol. The van der Waals surface area contributed by atoms with E-state index >= 15 is 0 Å². The van der Waals surface area contributed by atoms with Crippen LogP contribution in [0.1, 0.15) is 31.5 Å². The summed E-state index contributed by atoms with van der Waals surface area (Å²) in [6, 6.07) is 0. The summed E-state index contributed by atoms with van der Waals surface area (Å²) in [6.45, 7) is 6.94. The molecule has 90 valence electrons. The van der Waals surface area contributed by atoms with Gasteiger partial charge in [0, 0.05) is 11.9 Å². The fourth-order valence-corrected chi connectivity index (χ4v) is 2.08. The predicted molar refractivity (Wildman–Crippen MR) is 67.8 cm³/mol. The summed E-state index contributed by atoms with van der Waals surface area (Å²) in [5.74, 6) is 0.422. The standard InChI is InChI=1S/C11H17ClN2OS/c1-11(2,3)7-13-9(15)4-10-14-8(5-12)6-16-10/h6H,4-5,7H2,1-3H3,(H,13,15). The highest BCUT2D eigenvalue weighted by molar-refractivity contribution is 7.09. The molecule has 0 aliphatic heterocycles. The minimum absolute atomic E-state index is 0.0189. The van der Waals surface area contributed by atoms with Crippen LogP contribution in [0.4, 0.5) is 0 Å². The molecule has 1 heterocycles. The normalized spacial score (nSPS) is 11.5. The average molecular weight is 261 g/mol. The number of hydrogen-bond acceptors (Lipinski definition) is 3. The van der Waals surface area contributed by atoms with Gasteiger partial charge in [0.15, 0.2) is 0 Å². The Morgan fingerprint density at radius 2 is 2.25 bits per heavy atom. The molecule has 1 aromatic rings. The van der Waals surface area contributed by atoms with Crippen molar-refractivity contribution in [1.29, 1.82) is 0 Å². The first kappa shape index (κ1) is 13.5. The van der Waals surface area contributed by atoms with Gasteiger partial charge in [-0.3, -0.25) is 4.79 Å². The quantitative estimate of drug-likeness (QED) is 0.846. The van der Waals surface area contributed by atoms with Gasteiger partial charge in [0.1, 0.15) is 5.01 Å². The zero-order valence-corrected chi connectivity index (χ0v) is 11.4. The zero-order chi connectivity index (χ0) is 12.2. The van der Waals surface area contributed by atoms with E-state index in [0.29, 0.717) is 18.8 Å². The molecule has 0 unspecified atom stereocenters. The maximum Gasteiger partial charge on any atom is 0.226 e. The van der Waals surface area contributed by atoms with Gasteiger partial charge in [0.05, 0.1) is 18.0 Å². The number of halogens is 1. The lowest BCUT2D eigenvalue weighted by Gasteiger charge is -2.18. The van der Waals surface area contributed by atoms with Gasteiger partial charge in [-0.2, -0.15) is 0 Å². The van der Waals surface area contributed by atoms with Crippen molar-refractivity contribution in [2.75, 3.05) is 6.54 Å². The molecule has 1 amide bonds. The Morgan fingerprint density at radius 1 is 1.56 bits per heavy atom. The molecule has 0 aromatic carbocycles. The molecule has 5 heteroatoms. The Labute approximate surface area is 105 Å². The van der Waals surface area contributed by atoms with Crippen LogP contribution in [0.2, 0.25) is 0 Å². The van der Waals surface area contributed by atoms with E-state index < -0.39 is 0 Å². The van der Waals surface area contributed by atoms with Gasteiger partial charge in [-0.15, -0.1) is 22.9 Å². The molecule has 0 aliphatic rings. The van der Waals surface area contributed by atoms with Gasteiger partial charge in [-0.25, -0.2) is 4.98 Å². The molecule has 0 spiro atoms. The van der Waals surface area contributed by atoms with Crippen molar-refractivity contribution in [3.05, 3.63) is 16.1 Å². The summed E-state index contributed by atoms with van der Waals surface area (Å²) >= 11 is 7.12. The second kappa shape index (κ2) is 5.64. The molecule has 1 aromatic heterocycles. The zero-order valence-electron chi connectivity index (χ0n) is 9.84. The van der Waals surface area contributed by atoms with E-state index in [9.17, 15) is 4.79 Å². The third-order valence-electron chi connectivity index (χ3n) is 1.86. The fourth-order valence-electron chi connectivity index (χ4n) is 1.06. The number of nitrogens with one attached hydrogen (secondary N) is 1. The molecule has 0 saturated carbocycles. The van der Waals surface area contributed by atoms with Crippen LogP contribution in [-0.2, 0) is 17.1 Å². The second-order valence-corrected chi connectivity index (χ2v) is 6.09. The number of thiazole rings is 1. The van der Waals surface area contributed by atoms with E-state index in [1.807, 2.05) is 5.38 Å². The van der Waals surface area contributed by atoms with Crippen LogP contribution in [0, 0.1) is 5.41 Å². The Kier molecular flexibility index (Phi) is 4.74. The van der Waals surface area contributed by atoms with Gasteiger partial charge < -0.3 is 5.32 Å². The summed E-state index contributed by atoms with van der Waals surface area (Å²) in [7, 11) is 0. The van der Waals surface area contributed by atoms with E-state index in [2.05, 4.69) is 31.1 Å². The molecule has 0 fully saturated rings. The first-order valence-corrected chi connectivity index (χ1v) is 6.58. The number of aromatic nitrogens is 1. The summed E-state index contributed by atoms with van der Waals surface area (Å²) in [4.78, 5) is 15.8. The Balaban J connectivity index is 2.40. The van der Waals surface area contributed by atoms with Crippen LogP contribution < -0.4 is 5.32 Å². The van der Waals surface area contributed by atoms with E-state index in [-0.39, 0.29) is 11.3 Å². The maximum absolute atomic E-state index is 11.6. The minimum atomic E-state index is 0.0189. The van der Waals surface area contributed by atoms with Crippen LogP contribution >= 0.6 is 22.9 Å². The topological polar surface area (TPSA) is 42.0 Å². The lowest BCUT2D eigenvalue weighted by Crippen LogP contribution is -2.33. The molecule has 0 bridgehead atoms. The summed E-state index contributed by atoms with van der Waals surface area (Å²) in [5.41, 5.74) is 0.949. The molecule has 1 rings (SSSR count). The molecular formula is C11H17ClN2OS. The number of nitrogens with zero attached hydrogens (tertiary/aromatic N) is 1. The van der Waals surface area contributed by atoms with Crippen molar-refractivity contribution in [3.8, 4) is 0 Å². The highest BCUT2D eigenvalue weighted by Crippen LogP contribution is 2.13. The van der Waals surface area contributed by atoms with Gasteiger partial charge in [0.25, 0.3) is 0 Å². The maximum atomic E-state index is 11.6. The van der Waals surface area contributed by atoms with E-state index in [4.69, 9.17) is 11.6 Å². The molecule has 1 N–H and O–H groups in total. The molecule has 16 heavy (non-hydrogen) atoms. The Hall–Kier alpha value is -0.610. The van der Waals surface area contributed by atoms with Crippen molar-refractivity contribution in [2.45, 2.75) is 33.1 Å². The van der Waals surface area contributed by atoms with Crippen LogP contribution in [0.25, 0.3) is 0 Å². The molecule has 0 atom stereocenters.